The van der Waals surface area contributed by atoms with Gasteiger partial charge in [0.05, 0.1) is 24.3 Å². The summed E-state index contributed by atoms with van der Waals surface area (Å²) in [5, 5.41) is 0. The molecule has 0 N–H and O–H groups in total. The lowest BCUT2D eigenvalue weighted by Crippen LogP contribution is -2.33. The maximum Gasteiger partial charge on any atom is 0.410 e. The van der Waals surface area contributed by atoms with Gasteiger partial charge in [-0.05, 0) is 56.9 Å². The zero-order valence-corrected chi connectivity index (χ0v) is 16.1. The Bertz CT molecular complexity index is 944. The highest BCUT2D eigenvalue weighted by Crippen LogP contribution is 2.35. The van der Waals surface area contributed by atoms with Crippen LogP contribution in [0.5, 0.6) is 11.6 Å². The molecule has 27 heavy (non-hydrogen) atoms. The summed E-state index contributed by atoms with van der Waals surface area (Å²) in [7, 11) is 0. The van der Waals surface area contributed by atoms with E-state index in [0.29, 0.717) is 19.0 Å². The molecule has 0 radical (unpaired) electrons. The first-order valence-electron chi connectivity index (χ1n) is 9.09. The van der Waals surface area contributed by atoms with Gasteiger partial charge in [-0.1, -0.05) is 18.2 Å². The number of rotatable bonds is 2. The lowest BCUT2D eigenvalue weighted by Gasteiger charge is -2.24. The lowest BCUT2D eigenvalue weighted by atomic mass is 10.0. The van der Waals surface area contributed by atoms with E-state index in [4.69, 9.17) is 9.47 Å². The number of carbonyl (C=O) groups excluding carboxylic acids is 1. The minimum Gasteiger partial charge on any atom is -0.444 e. The highest BCUT2D eigenvalue weighted by atomic mass is 16.6. The van der Waals surface area contributed by atoms with Crippen LogP contribution in [0.3, 0.4) is 0 Å². The number of carbonyl (C=O) groups is 1. The molecule has 4 rings (SSSR count). The van der Waals surface area contributed by atoms with E-state index in [1.165, 1.54) is 17.5 Å². The van der Waals surface area contributed by atoms with Gasteiger partial charge < -0.3 is 9.47 Å². The molecule has 0 saturated carbocycles. The van der Waals surface area contributed by atoms with E-state index in [0.717, 1.165) is 29.0 Å². The van der Waals surface area contributed by atoms with Gasteiger partial charge >= 0.3 is 6.09 Å². The van der Waals surface area contributed by atoms with E-state index < -0.39 is 5.60 Å². The van der Waals surface area contributed by atoms with Gasteiger partial charge in [-0.15, -0.1) is 0 Å². The average molecular weight is 365 g/mol. The zero-order valence-electron chi connectivity index (χ0n) is 16.1. The fourth-order valence-electron chi connectivity index (χ4n) is 3.39. The minimum atomic E-state index is -0.536. The van der Waals surface area contributed by atoms with Crippen LogP contribution in [0, 0.1) is 6.92 Å². The highest BCUT2D eigenvalue weighted by Gasteiger charge is 2.31. The van der Waals surface area contributed by atoms with Crippen LogP contribution in [0.4, 0.5) is 4.79 Å². The van der Waals surface area contributed by atoms with Crippen molar-refractivity contribution < 1.29 is 14.3 Å². The Balaban J connectivity index is 1.58. The lowest BCUT2D eigenvalue weighted by molar-refractivity contribution is 0.0240. The Morgan fingerprint density at radius 1 is 1.19 bits per heavy atom. The molecule has 1 amide bonds. The van der Waals surface area contributed by atoms with E-state index in [9.17, 15) is 4.79 Å². The minimum absolute atomic E-state index is 0.356. The first kappa shape index (κ1) is 17.5. The Morgan fingerprint density at radius 3 is 2.78 bits per heavy atom. The topological polar surface area (TPSA) is 64.6 Å². The maximum absolute atomic E-state index is 12.4. The molecule has 2 heterocycles. The molecular formula is C21H23N3O3. The third kappa shape index (κ3) is 3.39. The molecular weight excluding hydrogens is 342 g/mol. The van der Waals surface area contributed by atoms with Crippen molar-refractivity contribution in [2.45, 2.75) is 52.8 Å². The van der Waals surface area contributed by atoms with Crippen molar-refractivity contribution in [1.82, 2.24) is 14.9 Å². The summed E-state index contributed by atoms with van der Waals surface area (Å²) in [4.78, 5) is 22.6. The standard InChI is InChI=1S/C21H23N3O3/c1-13-15-7-5-6-14(15)8-9-18(13)26-19-16-10-24(11-17(16)22-12-23-19)20(25)27-21(2,3)4/h5,7-9,12H,6,10-11H2,1-4H3. The molecule has 0 fully saturated rings. The molecule has 140 valence electrons. The van der Waals surface area contributed by atoms with Gasteiger partial charge in [0.2, 0.25) is 5.88 Å². The quantitative estimate of drug-likeness (QED) is 0.789. The fraction of sp³-hybridized carbons (Fsp3) is 0.381. The van der Waals surface area contributed by atoms with E-state index in [1.54, 1.807) is 4.90 Å². The summed E-state index contributed by atoms with van der Waals surface area (Å²) in [6.45, 7) is 8.40. The molecule has 0 bridgehead atoms. The number of hydrogen-bond acceptors (Lipinski definition) is 5. The SMILES string of the molecule is Cc1c(Oc2ncnc3c2CN(C(=O)OC(C)(C)C)C3)ccc2c1C=CC2. The molecule has 0 spiro atoms. The Morgan fingerprint density at radius 2 is 2.00 bits per heavy atom. The number of ether oxygens (including phenoxy) is 2. The van der Waals surface area contributed by atoms with Crippen molar-refractivity contribution in [2.24, 2.45) is 0 Å². The summed E-state index contributed by atoms with van der Waals surface area (Å²) in [5.74, 6) is 1.27. The van der Waals surface area contributed by atoms with Crippen molar-refractivity contribution in [3.63, 3.8) is 0 Å². The number of benzene rings is 1. The van der Waals surface area contributed by atoms with Crippen LogP contribution in [-0.2, 0) is 24.2 Å². The molecule has 1 aromatic carbocycles. The van der Waals surface area contributed by atoms with Gasteiger partial charge in [0.25, 0.3) is 0 Å². The third-order valence-electron chi connectivity index (χ3n) is 4.72. The summed E-state index contributed by atoms with van der Waals surface area (Å²) in [6.07, 6.45) is 6.37. The van der Waals surface area contributed by atoms with Crippen molar-refractivity contribution >= 4 is 12.2 Å². The van der Waals surface area contributed by atoms with Gasteiger partial charge in [0.15, 0.2) is 0 Å². The Hall–Kier alpha value is -2.89. The summed E-state index contributed by atoms with van der Waals surface area (Å²) < 4.78 is 11.6. The number of aromatic nitrogens is 2. The van der Waals surface area contributed by atoms with Crippen molar-refractivity contribution in [1.29, 1.82) is 0 Å². The second kappa shape index (κ2) is 6.37. The van der Waals surface area contributed by atoms with Crippen molar-refractivity contribution in [2.75, 3.05) is 0 Å². The van der Waals surface area contributed by atoms with Crippen LogP contribution in [0.1, 0.15) is 48.7 Å². The molecule has 2 aromatic rings. The number of allylic oxidation sites excluding steroid dienone is 1. The smallest absolute Gasteiger partial charge is 0.410 e. The molecule has 6 heteroatoms. The first-order chi connectivity index (χ1) is 12.8. The van der Waals surface area contributed by atoms with Crippen LogP contribution in [0.15, 0.2) is 24.5 Å². The molecule has 0 atom stereocenters. The van der Waals surface area contributed by atoms with E-state index in [1.807, 2.05) is 26.8 Å². The Kier molecular flexibility index (Phi) is 4.13. The van der Waals surface area contributed by atoms with Gasteiger partial charge in [0, 0.05) is 0 Å². The van der Waals surface area contributed by atoms with E-state index in [2.05, 4.69) is 35.1 Å². The second-order valence-corrected chi connectivity index (χ2v) is 7.91. The van der Waals surface area contributed by atoms with Crippen LogP contribution >= 0.6 is 0 Å². The van der Waals surface area contributed by atoms with E-state index in [-0.39, 0.29) is 6.09 Å². The third-order valence-corrected chi connectivity index (χ3v) is 4.72. The summed E-state index contributed by atoms with van der Waals surface area (Å²) >= 11 is 0. The zero-order chi connectivity index (χ0) is 19.2. The van der Waals surface area contributed by atoms with Crippen molar-refractivity contribution in [3.8, 4) is 11.6 Å². The van der Waals surface area contributed by atoms with Crippen LogP contribution in [0.25, 0.3) is 6.08 Å². The largest absolute Gasteiger partial charge is 0.444 e. The second-order valence-electron chi connectivity index (χ2n) is 7.91. The molecule has 6 nitrogen and oxygen atoms in total. The van der Waals surface area contributed by atoms with E-state index >= 15 is 0 Å². The average Bonchev–Trinajstić information content (AvgIpc) is 3.23. The summed E-state index contributed by atoms with van der Waals surface area (Å²) in [6, 6.07) is 4.07. The molecule has 1 aromatic heterocycles. The molecule has 1 aliphatic heterocycles. The first-order valence-corrected chi connectivity index (χ1v) is 9.09. The molecule has 0 saturated heterocycles. The number of amides is 1. The molecule has 0 unspecified atom stereocenters. The predicted octanol–water partition coefficient (Wildman–Crippen LogP) is 4.40. The number of fused-ring (bicyclic) bond motifs is 2. The van der Waals surface area contributed by atoms with Crippen LogP contribution < -0.4 is 4.74 Å². The maximum atomic E-state index is 12.4. The predicted molar refractivity (Wildman–Crippen MR) is 102 cm³/mol. The normalized spacial score (nSPS) is 14.9. The summed E-state index contributed by atoms with van der Waals surface area (Å²) in [5.41, 5.74) is 4.71. The molecule has 1 aliphatic carbocycles. The Labute approximate surface area is 158 Å². The van der Waals surface area contributed by atoms with Crippen LogP contribution in [0.2, 0.25) is 0 Å². The monoisotopic (exact) mass is 365 g/mol. The molecule has 2 aliphatic rings. The highest BCUT2D eigenvalue weighted by molar-refractivity contribution is 5.69. The van der Waals surface area contributed by atoms with Crippen LogP contribution in [-0.4, -0.2) is 26.6 Å². The van der Waals surface area contributed by atoms with Gasteiger partial charge in [0.1, 0.15) is 17.7 Å². The number of hydrogen-bond donors (Lipinski definition) is 0. The van der Waals surface area contributed by atoms with Gasteiger partial charge in [-0.2, -0.15) is 0 Å². The van der Waals surface area contributed by atoms with Gasteiger partial charge in [-0.3, -0.25) is 4.90 Å². The van der Waals surface area contributed by atoms with Gasteiger partial charge in [-0.25, -0.2) is 14.8 Å². The number of nitrogens with zero attached hydrogens (tertiary/aromatic N) is 3. The van der Waals surface area contributed by atoms with Crippen molar-refractivity contribution in [3.05, 3.63) is 52.5 Å². The fourth-order valence-corrected chi connectivity index (χ4v) is 3.39.